The molecule has 0 amide bonds. The molecule has 0 unspecified atom stereocenters. The summed E-state index contributed by atoms with van der Waals surface area (Å²) < 4.78 is 0. The fraction of sp³-hybridized carbons (Fsp3) is 0. The van der Waals surface area contributed by atoms with Crippen LogP contribution in [0.2, 0.25) is 0 Å². The van der Waals surface area contributed by atoms with E-state index in [0.717, 1.165) is 0 Å². The zero-order valence-electron chi connectivity index (χ0n) is 1.23. The molecule has 0 rings (SSSR count). The van der Waals surface area contributed by atoms with Crippen molar-refractivity contribution in [1.29, 1.82) is 0 Å². The maximum atomic E-state index is 0. The third kappa shape index (κ3) is 8.82. The average molecular weight is 232 g/mol. The van der Waals surface area contributed by atoms with Gasteiger partial charge in [-0.2, -0.15) is 0 Å². The minimum atomic E-state index is 0. The van der Waals surface area contributed by atoms with Gasteiger partial charge in [-0.1, -0.05) is 0 Å². The summed E-state index contributed by atoms with van der Waals surface area (Å²) in [7, 11) is 0. The van der Waals surface area contributed by atoms with Gasteiger partial charge in [0, 0.05) is 60.3 Å². The fourth-order valence-corrected chi connectivity index (χ4v) is 0. The van der Waals surface area contributed by atoms with Gasteiger partial charge in [-0.15, -0.1) is 0 Å². The minimum Gasteiger partial charge on any atom is 0 e. The Labute approximate surface area is 76.7 Å². The molecule has 0 saturated carbocycles. The Kier molecular flexibility index (Phi) is 143. The third-order valence-corrected chi connectivity index (χ3v) is 0. The first kappa shape index (κ1) is 31.9. The zero-order chi connectivity index (χ0) is 0. The van der Waals surface area contributed by atoms with Crippen LogP contribution in [-0.2, 0) is 60.3 Å². The molecule has 0 aliphatic rings. The van der Waals surface area contributed by atoms with Gasteiger partial charge < -0.3 is 0 Å². The van der Waals surface area contributed by atoms with Crippen LogP contribution in [0.4, 0.5) is 0 Å². The smallest absolute Gasteiger partial charge is 0 e. The largest absolute Gasteiger partial charge is 0.187 e. The van der Waals surface area contributed by atoms with E-state index in [1.807, 2.05) is 0 Å². The van der Waals surface area contributed by atoms with Crippen molar-refractivity contribution in [2.45, 2.75) is 0 Å². The van der Waals surface area contributed by atoms with Crippen molar-refractivity contribution in [2.75, 3.05) is 0 Å². The van der Waals surface area contributed by atoms with Crippen molar-refractivity contribution < 1.29 is 60.3 Å². The summed E-state index contributed by atoms with van der Waals surface area (Å²) in [6.07, 6.45) is 0. The molecule has 0 aromatic heterocycles. The van der Waals surface area contributed by atoms with Crippen molar-refractivity contribution in [2.24, 2.45) is 0 Å². The molecule has 0 nitrogen and oxygen atoms in total. The van der Waals surface area contributed by atoms with Crippen LogP contribution in [0.5, 0.6) is 0 Å². The Bertz CT molecular complexity index is 8.00. The molecule has 4 heavy (non-hydrogen) atoms. The van der Waals surface area contributed by atoms with Gasteiger partial charge in [0.25, 0.3) is 0 Å². The molecule has 0 aromatic carbocycles. The molecule has 25 valence electrons. The number of hydrogen-bond acceptors (Lipinski definition) is 0. The average Bonchev–Trinajstić information content (AvgIpc) is 0. The molecule has 0 spiro atoms. The van der Waals surface area contributed by atoms with Gasteiger partial charge in [-0.3, -0.25) is 0 Å². The summed E-state index contributed by atoms with van der Waals surface area (Å²) in [5.74, 6) is 0. The van der Waals surface area contributed by atoms with E-state index < -0.39 is 0 Å². The molecule has 0 aliphatic heterocycles. The number of hydrogen-bond donors (Lipinski definition) is 0. The van der Waals surface area contributed by atoms with E-state index in [-0.39, 0.29) is 77.7 Å². The Balaban J connectivity index is 0. The second-order valence-electron chi connectivity index (χ2n) is 0. The molecule has 4 heteroatoms. The Morgan fingerprint density at radius 1 is 1.00 bits per heavy atom. The van der Waals surface area contributed by atoms with E-state index in [1.54, 1.807) is 0 Å². The third-order valence-electron chi connectivity index (χ3n) is 0. The van der Waals surface area contributed by atoms with Crippen molar-refractivity contribution in [3.05, 3.63) is 0 Å². The van der Waals surface area contributed by atoms with Crippen LogP contribution >= 0.6 is 0 Å². The van der Waals surface area contributed by atoms with Crippen LogP contribution < -0.4 is 0 Å². The normalized spacial score (nSPS) is 0. The topological polar surface area (TPSA) is 0 Å². The molecule has 0 aliphatic carbocycles. The number of rotatable bonds is 0. The molecule has 0 heterocycles. The van der Waals surface area contributed by atoms with Gasteiger partial charge in [0.15, 0.2) is 17.4 Å². The summed E-state index contributed by atoms with van der Waals surface area (Å²) in [5.41, 5.74) is 0. The van der Waals surface area contributed by atoms with Gasteiger partial charge in [-0.05, 0) is 0 Å². The van der Waals surface area contributed by atoms with Crippen molar-refractivity contribution in [3.63, 3.8) is 0 Å². The van der Waals surface area contributed by atoms with Gasteiger partial charge in [-0.25, -0.2) is 0 Å². The molecular weight excluding hydrogens is 229 g/mol. The standard InChI is InChI=1S/Al.Fe.Mn.Zr.3H. The van der Waals surface area contributed by atoms with Crippen molar-refractivity contribution in [3.8, 4) is 0 Å². The predicted octanol–water partition coefficient (Wildman–Crippen LogP) is -1.19. The predicted molar refractivity (Wildman–Crippen MR) is 9.94 cm³/mol. The summed E-state index contributed by atoms with van der Waals surface area (Å²) in [6, 6.07) is 0. The van der Waals surface area contributed by atoms with Crippen LogP contribution in [0.25, 0.3) is 0 Å². The summed E-state index contributed by atoms with van der Waals surface area (Å²) in [6.45, 7) is 0. The van der Waals surface area contributed by atoms with Gasteiger partial charge in [0.2, 0.25) is 0 Å². The first-order chi connectivity index (χ1) is 0. The minimum absolute atomic E-state index is 0. The monoisotopic (exact) mass is 231 g/mol. The molecule has 0 fully saturated rings. The van der Waals surface area contributed by atoms with E-state index in [9.17, 15) is 0 Å². The van der Waals surface area contributed by atoms with Gasteiger partial charge in [0.05, 0.1) is 0 Å². The molecule has 0 atom stereocenters. The quantitative estimate of drug-likeness (QED) is 0.461. The molecule has 0 bridgehead atoms. The molecule has 0 saturated heterocycles. The fourth-order valence-electron chi connectivity index (χ4n) is 0. The van der Waals surface area contributed by atoms with E-state index in [0.29, 0.717) is 0 Å². The van der Waals surface area contributed by atoms with E-state index in [2.05, 4.69) is 0 Å². The first-order valence-corrected chi connectivity index (χ1v) is 0. The second kappa shape index (κ2) is 18.0. The van der Waals surface area contributed by atoms with Gasteiger partial charge >= 0.3 is 0 Å². The maximum Gasteiger partial charge on any atom is 0.187 e. The van der Waals surface area contributed by atoms with Crippen LogP contribution in [0, 0.1) is 0 Å². The molecule has 1 radical (unpaired) electrons. The summed E-state index contributed by atoms with van der Waals surface area (Å²) >= 11 is 0. The zero-order valence-corrected chi connectivity index (χ0v) is 5.97. The molecule has 0 N–H and O–H groups in total. The van der Waals surface area contributed by atoms with Crippen LogP contribution in [0.15, 0.2) is 0 Å². The summed E-state index contributed by atoms with van der Waals surface area (Å²) in [4.78, 5) is 0. The van der Waals surface area contributed by atoms with Gasteiger partial charge in [0.1, 0.15) is 0 Å². The Hall–Kier alpha value is 2.45. The van der Waals surface area contributed by atoms with Crippen molar-refractivity contribution in [1.82, 2.24) is 0 Å². The Morgan fingerprint density at radius 3 is 1.00 bits per heavy atom. The first-order valence-electron chi connectivity index (χ1n) is 0. The molecular formula is H3AlFeMnZr. The van der Waals surface area contributed by atoms with Crippen LogP contribution in [0.1, 0.15) is 0 Å². The van der Waals surface area contributed by atoms with E-state index >= 15 is 0 Å². The molecule has 0 aromatic rings. The van der Waals surface area contributed by atoms with E-state index in [1.165, 1.54) is 0 Å². The van der Waals surface area contributed by atoms with Crippen LogP contribution in [0.3, 0.4) is 0 Å². The Morgan fingerprint density at radius 2 is 1.00 bits per heavy atom. The van der Waals surface area contributed by atoms with Crippen LogP contribution in [-0.4, -0.2) is 17.4 Å². The maximum absolute atomic E-state index is 0. The van der Waals surface area contributed by atoms with E-state index in [4.69, 9.17) is 0 Å². The summed E-state index contributed by atoms with van der Waals surface area (Å²) in [5, 5.41) is 0. The second-order valence-corrected chi connectivity index (χ2v) is 0. The SMILES string of the molecule is [AlH3].[Fe].[Mn].[Zr]. The van der Waals surface area contributed by atoms with Crippen molar-refractivity contribution >= 4 is 17.4 Å².